The van der Waals surface area contributed by atoms with E-state index in [4.69, 9.17) is 0 Å². The van der Waals surface area contributed by atoms with Crippen molar-refractivity contribution < 1.29 is 13.2 Å². The van der Waals surface area contributed by atoms with Crippen LogP contribution in [0.5, 0.6) is 0 Å². The van der Waals surface area contributed by atoms with E-state index in [-0.39, 0.29) is 10.8 Å². The van der Waals surface area contributed by atoms with E-state index in [1.54, 1.807) is 35.6 Å². The highest BCUT2D eigenvalue weighted by Gasteiger charge is 2.28. The molecule has 7 nitrogen and oxygen atoms in total. The molecule has 1 N–H and O–H groups in total. The standard InChI is InChI=1S/C24H28N4O3S/c1-17-10-11-20(16-22(17)32(30,31)27-13-7-4-8-14-27)26-24(29)21-15-18(2)28(19(21)3)23-9-5-6-12-25-23/h5-6,9-12,15-16H,4,7-8,13-14H2,1-3H3,(H,26,29). The number of hydrogen-bond donors (Lipinski definition) is 1. The fourth-order valence-corrected chi connectivity index (χ4v) is 6.00. The highest BCUT2D eigenvalue weighted by molar-refractivity contribution is 7.89. The van der Waals surface area contributed by atoms with E-state index in [1.807, 2.05) is 42.7 Å². The zero-order chi connectivity index (χ0) is 22.9. The highest BCUT2D eigenvalue weighted by Crippen LogP contribution is 2.27. The van der Waals surface area contributed by atoms with Gasteiger partial charge in [-0.2, -0.15) is 4.31 Å². The second kappa shape index (κ2) is 8.88. The van der Waals surface area contributed by atoms with E-state index >= 15 is 0 Å². The summed E-state index contributed by atoms with van der Waals surface area (Å²) >= 11 is 0. The summed E-state index contributed by atoms with van der Waals surface area (Å²) < 4.78 is 29.8. The first-order valence-corrected chi connectivity index (χ1v) is 12.3. The van der Waals surface area contributed by atoms with Crippen LogP contribution in [0.25, 0.3) is 5.82 Å². The maximum atomic E-state index is 13.2. The van der Waals surface area contributed by atoms with Gasteiger partial charge in [-0.05, 0) is 69.5 Å². The third-order valence-corrected chi connectivity index (χ3v) is 7.97. The van der Waals surface area contributed by atoms with Gasteiger partial charge in [-0.1, -0.05) is 18.6 Å². The van der Waals surface area contributed by atoms with Crippen molar-refractivity contribution >= 4 is 21.6 Å². The molecule has 1 aliphatic rings. The summed E-state index contributed by atoms with van der Waals surface area (Å²) in [5.41, 5.74) is 3.31. The summed E-state index contributed by atoms with van der Waals surface area (Å²) in [5, 5.41) is 2.88. The van der Waals surface area contributed by atoms with Crippen LogP contribution in [0.15, 0.2) is 53.6 Å². The molecule has 0 bridgehead atoms. The number of pyridine rings is 1. The number of nitrogens with one attached hydrogen (secondary N) is 1. The van der Waals surface area contributed by atoms with Gasteiger partial charge in [0.15, 0.2) is 0 Å². The molecule has 1 aliphatic heterocycles. The van der Waals surface area contributed by atoms with Crippen LogP contribution in [0.4, 0.5) is 5.69 Å². The molecule has 1 saturated heterocycles. The number of aromatic nitrogens is 2. The van der Waals surface area contributed by atoms with Crippen molar-refractivity contribution in [1.82, 2.24) is 13.9 Å². The average molecular weight is 453 g/mol. The van der Waals surface area contributed by atoms with E-state index in [0.29, 0.717) is 29.9 Å². The Bertz CT molecular complexity index is 1240. The molecule has 168 valence electrons. The van der Waals surface area contributed by atoms with Gasteiger partial charge in [-0.3, -0.25) is 4.79 Å². The normalized spacial score (nSPS) is 15.0. The lowest BCUT2D eigenvalue weighted by Crippen LogP contribution is -2.36. The van der Waals surface area contributed by atoms with Gasteiger partial charge in [0.2, 0.25) is 10.0 Å². The third kappa shape index (κ3) is 4.20. The van der Waals surface area contributed by atoms with Gasteiger partial charge in [0.05, 0.1) is 10.5 Å². The van der Waals surface area contributed by atoms with Gasteiger partial charge in [0.25, 0.3) is 5.91 Å². The van der Waals surface area contributed by atoms with Crippen molar-refractivity contribution in [3.05, 3.63) is 71.2 Å². The highest BCUT2D eigenvalue weighted by atomic mass is 32.2. The molecule has 1 aromatic carbocycles. The van der Waals surface area contributed by atoms with Crippen molar-refractivity contribution in [2.75, 3.05) is 18.4 Å². The van der Waals surface area contributed by atoms with Crippen molar-refractivity contribution in [3.8, 4) is 5.82 Å². The maximum absolute atomic E-state index is 13.2. The fraction of sp³-hybridized carbons (Fsp3) is 0.333. The molecular weight excluding hydrogens is 424 g/mol. The quantitative estimate of drug-likeness (QED) is 0.628. The second-order valence-corrected chi connectivity index (χ2v) is 10.1. The molecule has 0 saturated carbocycles. The molecule has 4 rings (SSSR count). The Hall–Kier alpha value is -2.97. The SMILES string of the molecule is Cc1ccc(NC(=O)c2cc(C)n(-c3ccccn3)c2C)cc1S(=O)(=O)N1CCCCC1. The van der Waals surface area contributed by atoms with Gasteiger partial charge in [-0.15, -0.1) is 0 Å². The summed E-state index contributed by atoms with van der Waals surface area (Å²) in [4.78, 5) is 17.7. The van der Waals surface area contributed by atoms with E-state index in [1.165, 1.54) is 0 Å². The number of piperidine rings is 1. The number of benzene rings is 1. The molecular formula is C24H28N4O3S. The number of anilines is 1. The van der Waals surface area contributed by atoms with Crippen LogP contribution >= 0.6 is 0 Å². The minimum Gasteiger partial charge on any atom is -0.322 e. The number of hydrogen-bond acceptors (Lipinski definition) is 4. The molecule has 3 heterocycles. The Labute approximate surface area is 189 Å². The molecule has 32 heavy (non-hydrogen) atoms. The topological polar surface area (TPSA) is 84.3 Å². The number of carbonyl (C=O) groups is 1. The first-order valence-electron chi connectivity index (χ1n) is 10.8. The molecule has 2 aromatic heterocycles. The van der Waals surface area contributed by atoms with E-state index in [2.05, 4.69) is 10.3 Å². The Morgan fingerprint density at radius 3 is 2.44 bits per heavy atom. The summed E-state index contributed by atoms with van der Waals surface area (Å²) in [6.07, 6.45) is 4.52. The van der Waals surface area contributed by atoms with Crippen molar-refractivity contribution in [2.24, 2.45) is 0 Å². The monoisotopic (exact) mass is 452 g/mol. The van der Waals surface area contributed by atoms with Crippen LogP contribution in [0.2, 0.25) is 0 Å². The summed E-state index contributed by atoms with van der Waals surface area (Å²) in [7, 11) is -3.59. The lowest BCUT2D eigenvalue weighted by Gasteiger charge is -2.26. The summed E-state index contributed by atoms with van der Waals surface area (Å²) in [6, 6.07) is 12.5. The maximum Gasteiger partial charge on any atom is 0.257 e. The minimum absolute atomic E-state index is 0.246. The predicted molar refractivity (Wildman–Crippen MR) is 125 cm³/mol. The molecule has 0 unspecified atom stereocenters. The average Bonchev–Trinajstić information content (AvgIpc) is 3.10. The van der Waals surface area contributed by atoms with Crippen LogP contribution in [0, 0.1) is 20.8 Å². The first-order chi connectivity index (χ1) is 15.3. The fourth-order valence-electron chi connectivity index (χ4n) is 4.23. The minimum atomic E-state index is -3.59. The van der Waals surface area contributed by atoms with Crippen LogP contribution < -0.4 is 5.32 Å². The summed E-state index contributed by atoms with van der Waals surface area (Å²) in [6.45, 7) is 6.66. The lowest BCUT2D eigenvalue weighted by molar-refractivity contribution is 0.102. The Morgan fingerprint density at radius 1 is 1.00 bits per heavy atom. The van der Waals surface area contributed by atoms with Crippen molar-refractivity contribution in [2.45, 2.75) is 44.9 Å². The molecule has 0 radical (unpaired) electrons. The number of rotatable bonds is 5. The van der Waals surface area contributed by atoms with Crippen LogP contribution in [0.3, 0.4) is 0 Å². The van der Waals surface area contributed by atoms with Gasteiger partial charge in [-0.25, -0.2) is 13.4 Å². The Kier molecular flexibility index (Phi) is 6.17. The number of nitrogens with zero attached hydrogens (tertiary/aromatic N) is 3. The molecule has 1 amide bonds. The molecule has 0 atom stereocenters. The summed E-state index contributed by atoms with van der Waals surface area (Å²) in [5.74, 6) is 0.456. The molecule has 3 aromatic rings. The van der Waals surface area contributed by atoms with Gasteiger partial charge in [0, 0.05) is 36.4 Å². The van der Waals surface area contributed by atoms with Crippen LogP contribution in [-0.2, 0) is 10.0 Å². The zero-order valence-electron chi connectivity index (χ0n) is 18.6. The van der Waals surface area contributed by atoms with Crippen molar-refractivity contribution in [1.29, 1.82) is 0 Å². The van der Waals surface area contributed by atoms with Crippen molar-refractivity contribution in [3.63, 3.8) is 0 Å². The number of aryl methyl sites for hydroxylation is 2. The first kappa shape index (κ1) is 22.2. The Morgan fingerprint density at radius 2 is 1.75 bits per heavy atom. The van der Waals surface area contributed by atoms with Crippen LogP contribution in [0.1, 0.15) is 46.6 Å². The molecule has 1 fully saturated rings. The van der Waals surface area contributed by atoms with E-state index < -0.39 is 10.0 Å². The van der Waals surface area contributed by atoms with E-state index in [0.717, 1.165) is 36.5 Å². The Balaban J connectivity index is 1.62. The smallest absolute Gasteiger partial charge is 0.257 e. The number of carbonyl (C=O) groups excluding carboxylic acids is 1. The van der Waals surface area contributed by atoms with Gasteiger partial charge < -0.3 is 9.88 Å². The third-order valence-electron chi connectivity index (χ3n) is 5.93. The second-order valence-electron chi connectivity index (χ2n) is 8.21. The van der Waals surface area contributed by atoms with Gasteiger partial charge in [0.1, 0.15) is 5.82 Å². The van der Waals surface area contributed by atoms with E-state index in [9.17, 15) is 13.2 Å². The molecule has 0 spiro atoms. The number of amides is 1. The molecule has 0 aliphatic carbocycles. The van der Waals surface area contributed by atoms with Gasteiger partial charge >= 0.3 is 0 Å². The number of sulfonamides is 1. The van der Waals surface area contributed by atoms with Crippen LogP contribution in [-0.4, -0.2) is 41.3 Å². The predicted octanol–water partition coefficient (Wildman–Crippen LogP) is 4.22. The lowest BCUT2D eigenvalue weighted by atomic mass is 10.2. The zero-order valence-corrected chi connectivity index (χ0v) is 19.4. The molecule has 8 heteroatoms. The largest absolute Gasteiger partial charge is 0.322 e.